The second-order valence-corrected chi connectivity index (χ2v) is 8.45. The highest BCUT2D eigenvalue weighted by molar-refractivity contribution is 5.98. The molecule has 2 aliphatic rings. The Hall–Kier alpha value is -2.02. The van der Waals surface area contributed by atoms with Crippen molar-refractivity contribution in [3.8, 4) is 0 Å². The van der Waals surface area contributed by atoms with E-state index in [1.807, 2.05) is 13.8 Å². The monoisotopic (exact) mass is 394 g/mol. The van der Waals surface area contributed by atoms with Crippen LogP contribution in [0.1, 0.15) is 56.8 Å². The minimum absolute atomic E-state index is 0.0835. The average Bonchev–Trinajstić information content (AvgIpc) is 2.96. The molecule has 2 fully saturated rings. The van der Waals surface area contributed by atoms with Gasteiger partial charge >= 0.3 is 0 Å². The molecule has 1 saturated carbocycles. The molecule has 154 valence electrons. The molecule has 1 aromatic carbocycles. The van der Waals surface area contributed by atoms with Gasteiger partial charge in [-0.05, 0) is 43.2 Å². The van der Waals surface area contributed by atoms with Crippen LogP contribution in [0.25, 0.3) is 0 Å². The topological polar surface area (TPSA) is 58.6 Å². The summed E-state index contributed by atoms with van der Waals surface area (Å²) in [5.74, 6) is -1.93. The van der Waals surface area contributed by atoms with Crippen molar-refractivity contribution in [3.05, 3.63) is 35.4 Å². The zero-order chi connectivity index (χ0) is 20.5. The number of carbonyl (C=O) groups excluding carboxylic acids is 2. The molecule has 28 heavy (non-hydrogen) atoms. The van der Waals surface area contributed by atoms with E-state index < -0.39 is 29.3 Å². The van der Waals surface area contributed by atoms with E-state index >= 15 is 0 Å². The van der Waals surface area contributed by atoms with Gasteiger partial charge in [0.1, 0.15) is 23.4 Å². The third-order valence-electron chi connectivity index (χ3n) is 5.51. The van der Waals surface area contributed by atoms with Crippen molar-refractivity contribution < 1.29 is 23.1 Å². The summed E-state index contributed by atoms with van der Waals surface area (Å²) < 4.78 is 33.5. The fourth-order valence-electron chi connectivity index (χ4n) is 4.25. The van der Waals surface area contributed by atoms with E-state index in [2.05, 4.69) is 12.2 Å². The van der Waals surface area contributed by atoms with E-state index in [0.29, 0.717) is 25.3 Å². The van der Waals surface area contributed by atoms with E-state index in [0.717, 1.165) is 31.0 Å². The predicted octanol–water partition coefficient (Wildman–Crippen LogP) is 3.48. The van der Waals surface area contributed by atoms with Gasteiger partial charge in [-0.1, -0.05) is 27.2 Å². The fraction of sp³-hybridized carbons (Fsp3) is 0.619. The Labute approximate surface area is 164 Å². The summed E-state index contributed by atoms with van der Waals surface area (Å²) in [7, 11) is 0. The van der Waals surface area contributed by atoms with Crippen molar-refractivity contribution in [1.82, 2.24) is 10.2 Å². The van der Waals surface area contributed by atoms with Crippen LogP contribution in [-0.4, -0.2) is 41.6 Å². The lowest BCUT2D eigenvalue weighted by Gasteiger charge is -2.43. The second-order valence-electron chi connectivity index (χ2n) is 8.45. The van der Waals surface area contributed by atoms with Crippen LogP contribution >= 0.6 is 0 Å². The van der Waals surface area contributed by atoms with Crippen LogP contribution in [0.2, 0.25) is 0 Å². The van der Waals surface area contributed by atoms with Crippen molar-refractivity contribution in [3.63, 3.8) is 0 Å². The number of carbonyl (C=O) groups is 2. The molecule has 2 amide bonds. The maximum atomic E-state index is 13.7. The molecule has 1 saturated heterocycles. The summed E-state index contributed by atoms with van der Waals surface area (Å²) in [5.41, 5.74) is -1.01. The van der Waals surface area contributed by atoms with Gasteiger partial charge in [-0.25, -0.2) is 8.78 Å². The molecule has 7 heteroatoms. The predicted molar refractivity (Wildman–Crippen MR) is 100 cm³/mol. The summed E-state index contributed by atoms with van der Waals surface area (Å²) in [6, 6.07) is 1.92. The van der Waals surface area contributed by atoms with Crippen LogP contribution in [0.15, 0.2) is 18.2 Å². The molecule has 1 N–H and O–H groups in total. The van der Waals surface area contributed by atoms with Crippen LogP contribution in [0.5, 0.6) is 0 Å². The number of nitrogens with zero attached hydrogens (tertiary/aromatic N) is 1. The third kappa shape index (κ3) is 4.19. The first-order valence-electron chi connectivity index (χ1n) is 9.93. The molecule has 1 aromatic rings. The number of amides is 2. The van der Waals surface area contributed by atoms with Gasteiger partial charge < -0.3 is 10.1 Å². The lowest BCUT2D eigenvalue weighted by atomic mass is 9.83. The number of nitrogens with one attached hydrogen (secondary N) is 1. The number of hydrogen-bond donors (Lipinski definition) is 1. The lowest BCUT2D eigenvalue weighted by molar-refractivity contribution is -0.128. The summed E-state index contributed by atoms with van der Waals surface area (Å²) in [5, 5.41) is 2.86. The molecule has 0 radical (unpaired) electrons. The van der Waals surface area contributed by atoms with Gasteiger partial charge in [0, 0.05) is 18.2 Å². The molecular formula is C21H28F2N2O3. The Bertz CT molecular complexity index is 735. The molecule has 0 aromatic heterocycles. The number of rotatable bonds is 4. The Balaban J connectivity index is 1.95. The van der Waals surface area contributed by atoms with Crippen molar-refractivity contribution >= 4 is 11.8 Å². The number of ether oxygens (including phenoxy) is 1. The number of benzene rings is 1. The van der Waals surface area contributed by atoms with Crippen LogP contribution in [0.4, 0.5) is 8.78 Å². The van der Waals surface area contributed by atoms with E-state index in [9.17, 15) is 18.4 Å². The maximum Gasteiger partial charge on any atom is 0.257 e. The van der Waals surface area contributed by atoms with Crippen LogP contribution in [-0.2, 0) is 9.53 Å². The Kier molecular flexibility index (Phi) is 6.03. The van der Waals surface area contributed by atoms with Gasteiger partial charge in [0.15, 0.2) is 0 Å². The molecule has 1 spiro atoms. The smallest absolute Gasteiger partial charge is 0.257 e. The van der Waals surface area contributed by atoms with Crippen molar-refractivity contribution in [1.29, 1.82) is 0 Å². The van der Waals surface area contributed by atoms with E-state index in [1.54, 1.807) is 0 Å². The average molecular weight is 394 g/mol. The van der Waals surface area contributed by atoms with Crippen LogP contribution in [0.3, 0.4) is 0 Å². The van der Waals surface area contributed by atoms with Gasteiger partial charge in [0.25, 0.3) is 5.91 Å². The Morgan fingerprint density at radius 2 is 1.96 bits per heavy atom. The highest BCUT2D eigenvalue weighted by Gasteiger charge is 2.54. The quantitative estimate of drug-likeness (QED) is 0.851. The highest BCUT2D eigenvalue weighted by atomic mass is 19.1. The maximum absolute atomic E-state index is 13.7. The minimum atomic E-state index is -0.905. The largest absolute Gasteiger partial charge is 0.354 e. The number of halogens is 2. The molecule has 0 bridgehead atoms. The van der Waals surface area contributed by atoms with E-state index in [4.69, 9.17) is 4.74 Å². The molecular weight excluding hydrogens is 366 g/mol. The molecule has 0 unspecified atom stereocenters. The van der Waals surface area contributed by atoms with E-state index in [1.165, 1.54) is 4.90 Å². The fourth-order valence-corrected chi connectivity index (χ4v) is 4.25. The standard InChI is InChI=1S/C21H28F2N2O3/c1-13(2)11-24-19(26)18-12-28-21(6-4-5-14(3)10-21)25(18)20(27)15-7-16(22)9-17(23)8-15/h7-9,13-14,18H,4-6,10-12H2,1-3H3,(H,24,26)/t14-,18-,21+/m0/s1. The molecule has 1 heterocycles. The molecule has 1 aliphatic carbocycles. The molecule has 5 nitrogen and oxygen atoms in total. The van der Waals surface area contributed by atoms with Gasteiger partial charge in [-0.2, -0.15) is 0 Å². The van der Waals surface area contributed by atoms with Gasteiger partial charge in [0.05, 0.1) is 6.61 Å². The zero-order valence-electron chi connectivity index (χ0n) is 16.6. The highest BCUT2D eigenvalue weighted by Crippen LogP contribution is 2.43. The normalized spacial score (nSPS) is 27.4. The first-order chi connectivity index (χ1) is 13.2. The molecule has 3 rings (SSSR count). The number of hydrogen-bond acceptors (Lipinski definition) is 3. The zero-order valence-corrected chi connectivity index (χ0v) is 16.6. The van der Waals surface area contributed by atoms with Crippen LogP contribution in [0, 0.1) is 23.5 Å². The third-order valence-corrected chi connectivity index (χ3v) is 5.51. The second kappa shape index (κ2) is 8.15. The first kappa shape index (κ1) is 20.7. The van der Waals surface area contributed by atoms with Crippen molar-refractivity contribution in [2.24, 2.45) is 11.8 Å². The summed E-state index contributed by atoms with van der Waals surface area (Å²) >= 11 is 0. The van der Waals surface area contributed by atoms with Gasteiger partial charge in [0.2, 0.25) is 5.91 Å². The summed E-state index contributed by atoms with van der Waals surface area (Å²) in [6.45, 7) is 6.61. The molecule has 3 atom stereocenters. The Morgan fingerprint density at radius 3 is 2.57 bits per heavy atom. The van der Waals surface area contributed by atoms with E-state index in [-0.39, 0.29) is 24.0 Å². The summed E-state index contributed by atoms with van der Waals surface area (Å²) in [4.78, 5) is 27.6. The summed E-state index contributed by atoms with van der Waals surface area (Å²) in [6.07, 6.45) is 3.09. The SMILES string of the molecule is CC(C)CNC(=O)[C@@H]1CO[C@@]2(CCC[C@H](C)C2)N1C(=O)c1cc(F)cc(F)c1. The molecule has 1 aliphatic heterocycles. The first-order valence-corrected chi connectivity index (χ1v) is 9.93. The van der Waals surface area contributed by atoms with Gasteiger partial charge in [-0.3, -0.25) is 14.5 Å². The van der Waals surface area contributed by atoms with Crippen molar-refractivity contribution in [2.45, 2.75) is 58.2 Å². The lowest BCUT2D eigenvalue weighted by Crippen LogP contribution is -2.57. The minimum Gasteiger partial charge on any atom is -0.354 e. The Morgan fingerprint density at radius 1 is 1.29 bits per heavy atom. The van der Waals surface area contributed by atoms with Gasteiger partial charge in [-0.15, -0.1) is 0 Å². The van der Waals surface area contributed by atoms with Crippen molar-refractivity contribution in [2.75, 3.05) is 13.2 Å². The van der Waals surface area contributed by atoms with Crippen LogP contribution < -0.4 is 5.32 Å².